The first kappa shape index (κ1) is 9.64. The first-order chi connectivity index (χ1) is 7.21. The zero-order chi connectivity index (χ0) is 10.5. The van der Waals surface area contributed by atoms with E-state index in [0.29, 0.717) is 5.92 Å². The van der Waals surface area contributed by atoms with E-state index in [-0.39, 0.29) is 5.41 Å². The second-order valence-corrected chi connectivity index (χ2v) is 5.71. The molecule has 0 aromatic rings. The average molecular weight is 209 g/mol. The molecular formula is C12H19NO2. The lowest BCUT2D eigenvalue weighted by Gasteiger charge is -2.22. The van der Waals surface area contributed by atoms with Crippen molar-refractivity contribution in [2.24, 2.45) is 17.3 Å². The van der Waals surface area contributed by atoms with Crippen LogP contribution in [0.2, 0.25) is 0 Å². The average Bonchev–Trinajstić information content (AvgIpc) is 2.64. The molecule has 0 radical (unpaired) electrons. The molecule has 15 heavy (non-hydrogen) atoms. The Bertz CT molecular complexity index is 285. The Kier molecular flexibility index (Phi) is 2.06. The Hall–Kier alpha value is -0.570. The van der Waals surface area contributed by atoms with Gasteiger partial charge in [-0.15, -0.1) is 0 Å². The molecule has 2 unspecified atom stereocenters. The largest absolute Gasteiger partial charge is 0.481 e. The number of fused-ring (bicyclic) bond motifs is 1. The molecule has 3 rings (SSSR count). The van der Waals surface area contributed by atoms with Gasteiger partial charge >= 0.3 is 5.97 Å². The van der Waals surface area contributed by atoms with Crippen molar-refractivity contribution in [2.75, 3.05) is 19.6 Å². The molecule has 1 heterocycles. The summed E-state index contributed by atoms with van der Waals surface area (Å²) in [6, 6.07) is 0. The van der Waals surface area contributed by atoms with E-state index in [1.807, 2.05) is 0 Å². The van der Waals surface area contributed by atoms with E-state index in [1.54, 1.807) is 0 Å². The van der Waals surface area contributed by atoms with Gasteiger partial charge in [-0.1, -0.05) is 12.8 Å². The predicted octanol–water partition coefficient (Wildman–Crippen LogP) is 1.58. The number of rotatable bonds is 3. The normalized spacial score (nSPS) is 40.7. The van der Waals surface area contributed by atoms with Crippen molar-refractivity contribution in [3.8, 4) is 0 Å². The van der Waals surface area contributed by atoms with Crippen LogP contribution in [0.25, 0.3) is 0 Å². The smallest absolute Gasteiger partial charge is 0.311 e. The molecule has 84 valence electrons. The Morgan fingerprint density at radius 1 is 1.40 bits per heavy atom. The highest BCUT2D eigenvalue weighted by Crippen LogP contribution is 2.58. The number of piperidine rings is 1. The minimum Gasteiger partial charge on any atom is -0.481 e. The zero-order valence-corrected chi connectivity index (χ0v) is 9.11. The summed E-state index contributed by atoms with van der Waals surface area (Å²) in [6.45, 7) is 3.03. The monoisotopic (exact) mass is 209 g/mol. The lowest BCUT2D eigenvalue weighted by Crippen LogP contribution is -2.32. The summed E-state index contributed by atoms with van der Waals surface area (Å²) >= 11 is 0. The number of likely N-dealkylation sites (tertiary alicyclic amines) is 1. The standard InChI is InChI=1S/C12H19NO2/c14-11(15)12-5-10(12)7-13(8-12)6-9-3-1-2-4-9/h9-10H,1-8H2,(H,14,15). The third-order valence-corrected chi connectivity index (χ3v) is 4.63. The van der Waals surface area contributed by atoms with Crippen LogP contribution in [0, 0.1) is 17.3 Å². The van der Waals surface area contributed by atoms with Crippen molar-refractivity contribution in [2.45, 2.75) is 32.1 Å². The first-order valence-corrected chi connectivity index (χ1v) is 6.16. The van der Waals surface area contributed by atoms with Crippen LogP contribution < -0.4 is 0 Å². The molecule has 0 aromatic carbocycles. The highest BCUT2D eigenvalue weighted by Gasteiger charge is 2.65. The Labute approximate surface area is 90.5 Å². The molecule has 0 aromatic heterocycles. The molecule has 1 saturated heterocycles. The van der Waals surface area contributed by atoms with E-state index in [1.165, 1.54) is 25.7 Å². The van der Waals surface area contributed by atoms with E-state index in [0.717, 1.165) is 32.0 Å². The van der Waals surface area contributed by atoms with Crippen LogP contribution in [0.15, 0.2) is 0 Å². The number of carboxylic acid groups (broad SMARTS) is 1. The number of carbonyl (C=O) groups is 1. The number of carboxylic acids is 1. The van der Waals surface area contributed by atoms with Crippen LogP contribution in [0.3, 0.4) is 0 Å². The predicted molar refractivity (Wildman–Crippen MR) is 56.6 cm³/mol. The van der Waals surface area contributed by atoms with Crippen molar-refractivity contribution < 1.29 is 9.90 Å². The third kappa shape index (κ3) is 1.48. The second kappa shape index (κ2) is 3.21. The molecule has 1 aliphatic heterocycles. The van der Waals surface area contributed by atoms with E-state index in [4.69, 9.17) is 5.11 Å². The van der Waals surface area contributed by atoms with Gasteiger partial charge in [0.05, 0.1) is 5.41 Å². The molecule has 2 aliphatic carbocycles. The van der Waals surface area contributed by atoms with Gasteiger partial charge in [-0.25, -0.2) is 0 Å². The molecular weight excluding hydrogens is 190 g/mol. The summed E-state index contributed by atoms with van der Waals surface area (Å²) in [5.41, 5.74) is -0.321. The van der Waals surface area contributed by atoms with E-state index < -0.39 is 5.97 Å². The van der Waals surface area contributed by atoms with Crippen LogP contribution in [0.1, 0.15) is 32.1 Å². The van der Waals surface area contributed by atoms with Crippen molar-refractivity contribution in [3.05, 3.63) is 0 Å². The van der Waals surface area contributed by atoms with Gasteiger partial charge in [0.1, 0.15) is 0 Å². The summed E-state index contributed by atoms with van der Waals surface area (Å²) in [4.78, 5) is 13.5. The molecule has 3 aliphatic rings. The second-order valence-electron chi connectivity index (χ2n) is 5.71. The van der Waals surface area contributed by atoms with Crippen molar-refractivity contribution in [1.29, 1.82) is 0 Å². The van der Waals surface area contributed by atoms with Crippen LogP contribution in [-0.2, 0) is 4.79 Å². The number of nitrogens with zero attached hydrogens (tertiary/aromatic N) is 1. The SMILES string of the molecule is O=C(O)C12CC1CN(CC1CCCC1)C2. The molecule has 0 amide bonds. The minimum atomic E-state index is -0.554. The first-order valence-electron chi connectivity index (χ1n) is 6.16. The van der Waals surface area contributed by atoms with E-state index in [2.05, 4.69) is 4.90 Å². The highest BCUT2D eigenvalue weighted by atomic mass is 16.4. The van der Waals surface area contributed by atoms with Gasteiger partial charge in [-0.2, -0.15) is 0 Å². The minimum absolute atomic E-state index is 0.321. The Morgan fingerprint density at radius 3 is 2.73 bits per heavy atom. The van der Waals surface area contributed by atoms with Gasteiger partial charge in [0, 0.05) is 19.6 Å². The Balaban J connectivity index is 1.56. The summed E-state index contributed by atoms with van der Waals surface area (Å²) in [5, 5.41) is 9.17. The van der Waals surface area contributed by atoms with Gasteiger partial charge in [0.25, 0.3) is 0 Å². The fourth-order valence-corrected chi connectivity index (χ4v) is 3.62. The van der Waals surface area contributed by atoms with Crippen molar-refractivity contribution >= 4 is 5.97 Å². The van der Waals surface area contributed by atoms with Gasteiger partial charge in [-0.3, -0.25) is 4.79 Å². The molecule has 0 spiro atoms. The highest BCUT2D eigenvalue weighted by molar-refractivity contribution is 5.79. The molecule has 3 nitrogen and oxygen atoms in total. The quantitative estimate of drug-likeness (QED) is 0.767. The van der Waals surface area contributed by atoms with Crippen LogP contribution in [0.4, 0.5) is 0 Å². The topological polar surface area (TPSA) is 40.5 Å². The lowest BCUT2D eigenvalue weighted by molar-refractivity contribution is -0.143. The van der Waals surface area contributed by atoms with E-state index in [9.17, 15) is 4.79 Å². The molecule has 3 heteroatoms. The summed E-state index contributed by atoms with van der Waals surface area (Å²) < 4.78 is 0. The van der Waals surface area contributed by atoms with Gasteiger partial charge in [-0.05, 0) is 31.1 Å². The number of aliphatic carboxylic acids is 1. The summed E-state index contributed by atoms with van der Waals surface area (Å²) in [5.74, 6) is 0.770. The maximum absolute atomic E-state index is 11.1. The molecule has 2 saturated carbocycles. The molecule has 1 N–H and O–H groups in total. The molecule has 3 fully saturated rings. The van der Waals surface area contributed by atoms with Crippen molar-refractivity contribution in [3.63, 3.8) is 0 Å². The van der Waals surface area contributed by atoms with E-state index >= 15 is 0 Å². The van der Waals surface area contributed by atoms with Crippen molar-refractivity contribution in [1.82, 2.24) is 4.90 Å². The van der Waals surface area contributed by atoms with Gasteiger partial charge < -0.3 is 10.0 Å². The fourth-order valence-electron chi connectivity index (χ4n) is 3.62. The summed E-state index contributed by atoms with van der Waals surface area (Å²) in [6.07, 6.45) is 6.42. The number of hydrogen-bond donors (Lipinski definition) is 1. The molecule has 2 atom stereocenters. The zero-order valence-electron chi connectivity index (χ0n) is 9.11. The maximum atomic E-state index is 11.1. The van der Waals surface area contributed by atoms with Crippen LogP contribution in [-0.4, -0.2) is 35.6 Å². The van der Waals surface area contributed by atoms with Crippen LogP contribution >= 0.6 is 0 Å². The molecule has 0 bridgehead atoms. The van der Waals surface area contributed by atoms with Gasteiger partial charge in [0.2, 0.25) is 0 Å². The summed E-state index contributed by atoms with van der Waals surface area (Å²) in [7, 11) is 0. The van der Waals surface area contributed by atoms with Crippen LogP contribution in [0.5, 0.6) is 0 Å². The third-order valence-electron chi connectivity index (χ3n) is 4.63. The van der Waals surface area contributed by atoms with Gasteiger partial charge in [0.15, 0.2) is 0 Å². The fraction of sp³-hybridized carbons (Fsp3) is 0.917. The number of hydrogen-bond acceptors (Lipinski definition) is 2. The Morgan fingerprint density at radius 2 is 2.13 bits per heavy atom. The maximum Gasteiger partial charge on any atom is 0.311 e. The lowest BCUT2D eigenvalue weighted by atomic mass is 10.1.